The molecule has 0 N–H and O–H groups in total. The molecule has 11 aromatic rings. The molecule has 4 nitrogen and oxygen atoms in total. The molecular weight excluding hydrogens is 721 g/mol. The van der Waals surface area contributed by atoms with Crippen LogP contribution in [0.4, 0.5) is 0 Å². The van der Waals surface area contributed by atoms with Gasteiger partial charge < -0.3 is 8.83 Å². The number of oxazole rings is 2. The van der Waals surface area contributed by atoms with Crippen molar-refractivity contribution in [3.8, 4) is 67.4 Å². The quantitative estimate of drug-likeness (QED) is 0.175. The first-order valence-corrected chi connectivity index (χ1v) is 20.1. The summed E-state index contributed by atoms with van der Waals surface area (Å²) in [4.78, 5) is 9.78. The third-order valence-electron chi connectivity index (χ3n) is 12.4. The van der Waals surface area contributed by atoms with Gasteiger partial charge in [-0.15, -0.1) is 0 Å². The predicted octanol–water partition coefficient (Wildman–Crippen LogP) is 14.9. The standard InChI is InChI=1S/C55H36N2O2/c1-55(2)47-18-8-7-17-43(47)44-24-23-33(32-48(44)55)34-29-35(37-25-27-45(41-15-5-3-13-39(37)41)53-56-49-19-9-11-21-51(49)58-53)31-36(30-34)38-26-28-46(42-16-6-4-14-40(38)42)54-57-50-20-10-12-22-52(50)59-54/h3-32H,1-2H3. The minimum atomic E-state index is -0.115. The van der Waals surface area contributed by atoms with Gasteiger partial charge in [0.1, 0.15) is 11.0 Å². The molecule has 0 fully saturated rings. The van der Waals surface area contributed by atoms with E-state index in [1.54, 1.807) is 0 Å². The highest BCUT2D eigenvalue weighted by Gasteiger charge is 2.35. The van der Waals surface area contributed by atoms with Crippen LogP contribution in [0.25, 0.3) is 111 Å². The Kier molecular flexibility index (Phi) is 7.24. The zero-order valence-corrected chi connectivity index (χ0v) is 32.5. The van der Waals surface area contributed by atoms with Crippen LogP contribution in [0.3, 0.4) is 0 Å². The summed E-state index contributed by atoms with van der Waals surface area (Å²) < 4.78 is 12.6. The van der Waals surface area contributed by atoms with Gasteiger partial charge in [0.25, 0.3) is 0 Å². The summed E-state index contributed by atoms with van der Waals surface area (Å²) in [6.45, 7) is 4.69. The Morgan fingerprint density at radius 1 is 0.339 bits per heavy atom. The summed E-state index contributed by atoms with van der Waals surface area (Å²) in [5.41, 5.74) is 17.3. The highest BCUT2D eigenvalue weighted by molar-refractivity contribution is 6.08. The molecule has 278 valence electrons. The van der Waals surface area contributed by atoms with E-state index in [0.717, 1.165) is 82.7 Å². The number of para-hydroxylation sites is 4. The molecule has 0 radical (unpaired) electrons. The van der Waals surface area contributed by atoms with Crippen LogP contribution >= 0.6 is 0 Å². The number of aromatic nitrogens is 2. The SMILES string of the molecule is CC1(C)c2ccccc2-c2ccc(-c3cc(-c4ccc(-c5nc6ccccc6o5)c5ccccc45)cc(-c4ccc(-c5nc6ccccc6o5)c5ccccc45)c3)cc21. The summed E-state index contributed by atoms with van der Waals surface area (Å²) in [6.07, 6.45) is 0. The first-order valence-electron chi connectivity index (χ1n) is 20.1. The van der Waals surface area contributed by atoms with Crippen LogP contribution in [0.5, 0.6) is 0 Å². The van der Waals surface area contributed by atoms with Crippen LogP contribution in [0.1, 0.15) is 25.0 Å². The van der Waals surface area contributed by atoms with E-state index in [1.807, 2.05) is 48.5 Å². The predicted molar refractivity (Wildman–Crippen MR) is 241 cm³/mol. The Morgan fingerprint density at radius 3 is 1.32 bits per heavy atom. The van der Waals surface area contributed by atoms with Crippen molar-refractivity contribution in [2.45, 2.75) is 19.3 Å². The maximum absolute atomic E-state index is 6.32. The topological polar surface area (TPSA) is 52.1 Å². The van der Waals surface area contributed by atoms with Crippen LogP contribution in [0, 0.1) is 0 Å². The van der Waals surface area contributed by atoms with E-state index >= 15 is 0 Å². The normalized spacial score (nSPS) is 13.1. The fraction of sp³-hybridized carbons (Fsp3) is 0.0545. The lowest BCUT2D eigenvalue weighted by Crippen LogP contribution is -2.14. The van der Waals surface area contributed by atoms with Crippen LogP contribution in [0.2, 0.25) is 0 Å². The smallest absolute Gasteiger partial charge is 0.227 e. The highest BCUT2D eigenvalue weighted by atomic mass is 16.4. The molecular formula is C55H36N2O2. The van der Waals surface area contributed by atoms with Crippen molar-refractivity contribution in [2.24, 2.45) is 0 Å². The molecule has 1 aliphatic rings. The third kappa shape index (κ3) is 5.23. The van der Waals surface area contributed by atoms with E-state index in [-0.39, 0.29) is 5.41 Å². The Morgan fingerprint density at radius 2 is 0.763 bits per heavy atom. The summed E-state index contributed by atoms with van der Waals surface area (Å²) in [7, 11) is 0. The molecule has 0 bridgehead atoms. The molecule has 4 heteroatoms. The van der Waals surface area contributed by atoms with Gasteiger partial charge in [0.2, 0.25) is 11.8 Å². The van der Waals surface area contributed by atoms with E-state index < -0.39 is 0 Å². The molecule has 9 aromatic carbocycles. The molecule has 0 atom stereocenters. The molecule has 1 aliphatic carbocycles. The lowest BCUT2D eigenvalue weighted by molar-refractivity contribution is 0.620. The van der Waals surface area contributed by atoms with Gasteiger partial charge in [-0.3, -0.25) is 0 Å². The minimum Gasteiger partial charge on any atom is -0.436 e. The molecule has 0 saturated carbocycles. The van der Waals surface area contributed by atoms with E-state index in [4.69, 9.17) is 18.8 Å². The molecule has 12 rings (SSSR count). The van der Waals surface area contributed by atoms with Crippen molar-refractivity contribution in [2.75, 3.05) is 0 Å². The maximum Gasteiger partial charge on any atom is 0.227 e. The molecule has 0 aliphatic heterocycles. The number of fused-ring (bicyclic) bond motifs is 7. The first kappa shape index (κ1) is 33.6. The summed E-state index contributed by atoms with van der Waals surface area (Å²) in [5, 5.41) is 4.46. The summed E-state index contributed by atoms with van der Waals surface area (Å²) in [5.74, 6) is 1.24. The summed E-state index contributed by atoms with van der Waals surface area (Å²) in [6, 6.07) is 64.8. The van der Waals surface area contributed by atoms with Crippen LogP contribution in [0.15, 0.2) is 191 Å². The summed E-state index contributed by atoms with van der Waals surface area (Å²) >= 11 is 0. The average Bonchev–Trinajstić information content (AvgIpc) is 3.98. The maximum atomic E-state index is 6.32. The molecule has 59 heavy (non-hydrogen) atoms. The van der Waals surface area contributed by atoms with Gasteiger partial charge in [0.05, 0.1) is 0 Å². The lowest BCUT2D eigenvalue weighted by atomic mass is 9.81. The molecule has 0 spiro atoms. The fourth-order valence-corrected chi connectivity index (χ4v) is 9.44. The lowest BCUT2D eigenvalue weighted by Gasteiger charge is -2.22. The van der Waals surface area contributed by atoms with Gasteiger partial charge in [0.15, 0.2) is 11.2 Å². The number of hydrogen-bond donors (Lipinski definition) is 0. The minimum absolute atomic E-state index is 0.115. The second-order valence-electron chi connectivity index (χ2n) is 16.1. The second kappa shape index (κ2) is 12.7. The van der Waals surface area contributed by atoms with E-state index in [2.05, 4.69) is 147 Å². The fourth-order valence-electron chi connectivity index (χ4n) is 9.44. The zero-order chi connectivity index (χ0) is 39.2. The van der Waals surface area contributed by atoms with Crippen molar-refractivity contribution in [3.05, 3.63) is 193 Å². The second-order valence-corrected chi connectivity index (χ2v) is 16.1. The van der Waals surface area contributed by atoms with Crippen molar-refractivity contribution in [1.82, 2.24) is 9.97 Å². The Bertz CT molecular complexity index is 3250. The molecule has 2 aromatic heterocycles. The van der Waals surface area contributed by atoms with Crippen LogP contribution in [-0.4, -0.2) is 9.97 Å². The number of hydrogen-bond acceptors (Lipinski definition) is 4. The van der Waals surface area contributed by atoms with E-state index in [9.17, 15) is 0 Å². The van der Waals surface area contributed by atoms with Gasteiger partial charge >= 0.3 is 0 Å². The molecule has 0 amide bonds. The number of rotatable bonds is 5. The molecule has 0 saturated heterocycles. The Labute approximate surface area is 341 Å². The molecule has 2 heterocycles. The van der Waals surface area contributed by atoms with Gasteiger partial charge in [0, 0.05) is 16.5 Å². The van der Waals surface area contributed by atoms with Gasteiger partial charge in [-0.25, -0.2) is 9.97 Å². The Balaban J connectivity index is 1.07. The van der Waals surface area contributed by atoms with Gasteiger partial charge in [-0.05, 0) is 138 Å². The van der Waals surface area contributed by atoms with Crippen molar-refractivity contribution < 1.29 is 8.83 Å². The van der Waals surface area contributed by atoms with Crippen molar-refractivity contribution >= 4 is 43.7 Å². The monoisotopic (exact) mass is 756 g/mol. The third-order valence-corrected chi connectivity index (χ3v) is 12.4. The van der Waals surface area contributed by atoms with Crippen molar-refractivity contribution in [1.29, 1.82) is 0 Å². The first-order chi connectivity index (χ1) is 29.0. The average molecular weight is 757 g/mol. The molecule has 0 unspecified atom stereocenters. The van der Waals surface area contributed by atoms with Crippen molar-refractivity contribution in [3.63, 3.8) is 0 Å². The highest BCUT2D eigenvalue weighted by Crippen LogP contribution is 2.50. The van der Waals surface area contributed by atoms with Gasteiger partial charge in [-0.2, -0.15) is 0 Å². The number of nitrogens with zero attached hydrogens (tertiary/aromatic N) is 2. The van der Waals surface area contributed by atoms with E-state index in [1.165, 1.54) is 27.8 Å². The largest absolute Gasteiger partial charge is 0.436 e. The zero-order valence-electron chi connectivity index (χ0n) is 32.5. The van der Waals surface area contributed by atoms with Crippen LogP contribution in [-0.2, 0) is 5.41 Å². The number of benzene rings is 9. The van der Waals surface area contributed by atoms with Gasteiger partial charge in [-0.1, -0.05) is 135 Å². The van der Waals surface area contributed by atoms with Crippen LogP contribution < -0.4 is 0 Å². The van der Waals surface area contributed by atoms with E-state index in [0.29, 0.717) is 11.8 Å². The Hall–Kier alpha value is -7.56.